The molecule has 2 atom stereocenters. The molecule has 0 saturated heterocycles. The molecule has 0 fully saturated rings. The van der Waals surface area contributed by atoms with Gasteiger partial charge in [-0.3, -0.25) is 4.79 Å². The molecule has 4 rings (SSSR count). The van der Waals surface area contributed by atoms with Gasteiger partial charge in [0, 0.05) is 36.9 Å². The van der Waals surface area contributed by atoms with Gasteiger partial charge in [0.1, 0.15) is 5.82 Å². The number of aromatic nitrogens is 1. The van der Waals surface area contributed by atoms with Crippen LogP contribution >= 0.6 is 0 Å². The number of carbonyl (C=O) groups is 1. The number of fused-ring (bicyclic) bond motifs is 3. The van der Waals surface area contributed by atoms with E-state index >= 15 is 0 Å². The van der Waals surface area contributed by atoms with E-state index in [0.717, 1.165) is 24.8 Å². The average Bonchev–Trinajstić information content (AvgIpc) is 3.04. The molecule has 134 valence electrons. The Morgan fingerprint density at radius 1 is 1.23 bits per heavy atom. The fourth-order valence-corrected chi connectivity index (χ4v) is 4.04. The predicted octanol–water partition coefficient (Wildman–Crippen LogP) is 4.20. The maximum atomic E-state index is 13.1. The minimum atomic E-state index is -0.276. The molecule has 0 bridgehead atoms. The first-order chi connectivity index (χ1) is 12.5. The zero-order valence-corrected chi connectivity index (χ0v) is 15.2. The standard InChI is InChI=1S/C22H23FN2O/c1-15(16-6-9-18(23)10-7-16)22(26)24(2)19-11-8-17-13-20-5-3-4-12-25(20)21(17)14-19/h3-7,9-10,12-13,15,19H,8,11,14H2,1-2H3/t15?,19-/m1/s1. The van der Waals surface area contributed by atoms with E-state index in [0.29, 0.717) is 0 Å². The maximum Gasteiger partial charge on any atom is 0.229 e. The van der Waals surface area contributed by atoms with Gasteiger partial charge < -0.3 is 9.30 Å². The Labute approximate surface area is 153 Å². The smallest absolute Gasteiger partial charge is 0.229 e. The molecule has 2 aromatic heterocycles. The number of hydrogen-bond acceptors (Lipinski definition) is 1. The monoisotopic (exact) mass is 350 g/mol. The predicted molar refractivity (Wildman–Crippen MR) is 101 cm³/mol. The summed E-state index contributed by atoms with van der Waals surface area (Å²) in [4.78, 5) is 14.9. The second-order valence-electron chi connectivity index (χ2n) is 7.23. The first-order valence-corrected chi connectivity index (χ1v) is 9.14. The van der Waals surface area contributed by atoms with Gasteiger partial charge in [0.2, 0.25) is 5.91 Å². The minimum Gasteiger partial charge on any atom is -0.342 e. The quantitative estimate of drug-likeness (QED) is 0.695. The number of likely N-dealkylation sites (N-methyl/N-ethyl adjacent to an activating group) is 1. The summed E-state index contributed by atoms with van der Waals surface area (Å²) in [5, 5.41) is 0. The molecule has 1 aromatic carbocycles. The summed E-state index contributed by atoms with van der Waals surface area (Å²) in [6.07, 6.45) is 4.93. The van der Waals surface area contributed by atoms with Crippen LogP contribution in [0.15, 0.2) is 54.7 Å². The van der Waals surface area contributed by atoms with Crippen LogP contribution in [0.4, 0.5) is 4.39 Å². The molecule has 3 aromatic rings. The zero-order valence-electron chi connectivity index (χ0n) is 15.2. The van der Waals surface area contributed by atoms with Gasteiger partial charge in [0.15, 0.2) is 0 Å². The van der Waals surface area contributed by atoms with Gasteiger partial charge in [-0.05, 0) is 61.2 Å². The Hall–Kier alpha value is -2.62. The third-order valence-corrected chi connectivity index (χ3v) is 5.69. The van der Waals surface area contributed by atoms with E-state index in [1.165, 1.54) is 28.9 Å². The third-order valence-electron chi connectivity index (χ3n) is 5.69. The molecule has 26 heavy (non-hydrogen) atoms. The van der Waals surface area contributed by atoms with Crippen LogP contribution in [0.2, 0.25) is 0 Å². The summed E-state index contributed by atoms with van der Waals surface area (Å²) >= 11 is 0. The van der Waals surface area contributed by atoms with Crippen LogP contribution in [-0.2, 0) is 17.6 Å². The van der Waals surface area contributed by atoms with Crippen molar-refractivity contribution in [3.63, 3.8) is 0 Å². The van der Waals surface area contributed by atoms with E-state index in [2.05, 4.69) is 28.8 Å². The van der Waals surface area contributed by atoms with Crippen molar-refractivity contribution in [1.82, 2.24) is 9.30 Å². The summed E-state index contributed by atoms with van der Waals surface area (Å²) in [5.74, 6) is -0.460. The Morgan fingerprint density at radius 2 is 2.00 bits per heavy atom. The van der Waals surface area contributed by atoms with E-state index in [-0.39, 0.29) is 23.7 Å². The molecule has 1 unspecified atom stereocenters. The molecule has 0 saturated carbocycles. The molecule has 4 heteroatoms. The number of benzene rings is 1. The van der Waals surface area contributed by atoms with Gasteiger partial charge in [-0.15, -0.1) is 0 Å². The first kappa shape index (κ1) is 16.8. The largest absolute Gasteiger partial charge is 0.342 e. The number of pyridine rings is 1. The molecule has 1 amide bonds. The van der Waals surface area contributed by atoms with Crippen molar-refractivity contribution in [1.29, 1.82) is 0 Å². The van der Waals surface area contributed by atoms with Crippen molar-refractivity contribution in [3.8, 4) is 0 Å². The van der Waals surface area contributed by atoms with Crippen molar-refractivity contribution in [2.45, 2.75) is 38.1 Å². The van der Waals surface area contributed by atoms with Crippen LogP contribution in [0.25, 0.3) is 5.52 Å². The van der Waals surface area contributed by atoms with Crippen molar-refractivity contribution >= 4 is 11.4 Å². The number of rotatable bonds is 3. The molecular formula is C22H23FN2O. The summed E-state index contributed by atoms with van der Waals surface area (Å²) in [5.41, 5.74) is 4.77. The van der Waals surface area contributed by atoms with Crippen molar-refractivity contribution in [2.24, 2.45) is 0 Å². The molecular weight excluding hydrogens is 327 g/mol. The normalized spacial score (nSPS) is 17.7. The molecule has 2 heterocycles. The fourth-order valence-electron chi connectivity index (χ4n) is 4.04. The number of halogens is 1. The van der Waals surface area contributed by atoms with Gasteiger partial charge in [0.05, 0.1) is 5.92 Å². The highest BCUT2D eigenvalue weighted by Crippen LogP contribution is 2.29. The molecule has 1 aliphatic carbocycles. The Bertz CT molecular complexity index is 944. The van der Waals surface area contributed by atoms with Gasteiger partial charge in [-0.25, -0.2) is 4.39 Å². The topological polar surface area (TPSA) is 24.7 Å². The van der Waals surface area contributed by atoms with E-state index in [9.17, 15) is 9.18 Å². The van der Waals surface area contributed by atoms with E-state index in [1.807, 2.05) is 24.9 Å². The van der Waals surface area contributed by atoms with Crippen molar-refractivity contribution < 1.29 is 9.18 Å². The Balaban J connectivity index is 1.54. The number of amides is 1. The third kappa shape index (κ3) is 2.90. The molecule has 0 N–H and O–H groups in total. The van der Waals surface area contributed by atoms with E-state index in [1.54, 1.807) is 12.1 Å². The fraction of sp³-hybridized carbons (Fsp3) is 0.318. The van der Waals surface area contributed by atoms with E-state index < -0.39 is 0 Å². The lowest BCUT2D eigenvalue weighted by Crippen LogP contribution is -2.42. The SMILES string of the molecule is CC(C(=O)N(C)[C@@H]1CCc2cc3ccccn3c2C1)c1ccc(F)cc1. The average molecular weight is 350 g/mol. The number of nitrogens with zero attached hydrogens (tertiary/aromatic N) is 2. The highest BCUT2D eigenvalue weighted by molar-refractivity contribution is 5.83. The number of aryl methyl sites for hydroxylation is 1. The van der Waals surface area contributed by atoms with Crippen LogP contribution < -0.4 is 0 Å². The van der Waals surface area contributed by atoms with Crippen LogP contribution in [0.5, 0.6) is 0 Å². The van der Waals surface area contributed by atoms with Crippen LogP contribution in [0.1, 0.15) is 36.1 Å². The van der Waals surface area contributed by atoms with Gasteiger partial charge >= 0.3 is 0 Å². The molecule has 3 nitrogen and oxygen atoms in total. The second-order valence-corrected chi connectivity index (χ2v) is 7.23. The molecule has 1 aliphatic rings. The summed E-state index contributed by atoms with van der Waals surface area (Å²) < 4.78 is 15.4. The summed E-state index contributed by atoms with van der Waals surface area (Å²) in [7, 11) is 1.90. The lowest BCUT2D eigenvalue weighted by atomic mass is 9.91. The first-order valence-electron chi connectivity index (χ1n) is 9.14. The molecule has 0 spiro atoms. The van der Waals surface area contributed by atoms with Gasteiger partial charge in [0.25, 0.3) is 0 Å². The molecule has 0 aliphatic heterocycles. The lowest BCUT2D eigenvalue weighted by Gasteiger charge is -2.33. The highest BCUT2D eigenvalue weighted by Gasteiger charge is 2.29. The minimum absolute atomic E-state index is 0.0888. The Kier molecular flexibility index (Phi) is 4.27. The summed E-state index contributed by atoms with van der Waals surface area (Å²) in [6.45, 7) is 1.90. The van der Waals surface area contributed by atoms with Crippen LogP contribution in [-0.4, -0.2) is 28.3 Å². The second kappa shape index (κ2) is 6.60. The van der Waals surface area contributed by atoms with E-state index in [4.69, 9.17) is 0 Å². The Morgan fingerprint density at radius 3 is 2.77 bits per heavy atom. The zero-order chi connectivity index (χ0) is 18.3. The van der Waals surface area contributed by atoms with Crippen LogP contribution in [0.3, 0.4) is 0 Å². The summed E-state index contributed by atoms with van der Waals surface area (Å²) in [6, 6.07) is 14.9. The molecule has 0 radical (unpaired) electrons. The van der Waals surface area contributed by atoms with Crippen molar-refractivity contribution in [2.75, 3.05) is 7.05 Å². The van der Waals surface area contributed by atoms with Crippen molar-refractivity contribution in [3.05, 3.63) is 77.4 Å². The highest BCUT2D eigenvalue weighted by atomic mass is 19.1. The van der Waals surface area contributed by atoms with Gasteiger partial charge in [-0.2, -0.15) is 0 Å². The number of hydrogen-bond donors (Lipinski definition) is 0. The van der Waals surface area contributed by atoms with Crippen LogP contribution in [0, 0.1) is 5.82 Å². The number of carbonyl (C=O) groups excluding carboxylic acids is 1. The maximum absolute atomic E-state index is 13.1. The lowest BCUT2D eigenvalue weighted by molar-refractivity contribution is -0.133. The van der Waals surface area contributed by atoms with Gasteiger partial charge in [-0.1, -0.05) is 18.2 Å².